The highest BCUT2D eigenvalue weighted by molar-refractivity contribution is 7.86. The Hall–Kier alpha value is -0.130. The molecule has 12 heavy (non-hydrogen) atoms. The van der Waals surface area contributed by atoms with E-state index >= 15 is 0 Å². The zero-order chi connectivity index (χ0) is 9.45. The topological polar surface area (TPSA) is 52.6 Å². The van der Waals surface area contributed by atoms with Gasteiger partial charge in [-0.3, -0.25) is 0 Å². The molecule has 5 heteroatoms. The first-order valence-corrected chi connectivity index (χ1v) is 5.74. The Morgan fingerprint density at radius 1 is 1.17 bits per heavy atom. The Balaban J connectivity index is 3.32. The van der Waals surface area contributed by atoms with Crippen molar-refractivity contribution in [3.05, 3.63) is 0 Å². The molecule has 0 aromatic heterocycles. The summed E-state index contributed by atoms with van der Waals surface area (Å²) >= 11 is 0. The molecule has 0 N–H and O–H groups in total. The van der Waals surface area contributed by atoms with Gasteiger partial charge in [-0.2, -0.15) is 8.42 Å². The molecule has 0 radical (unpaired) electrons. The Morgan fingerprint density at radius 3 is 2.33 bits per heavy atom. The summed E-state index contributed by atoms with van der Waals surface area (Å²) in [6.07, 6.45) is 2.93. The lowest BCUT2D eigenvalue weighted by atomic mass is 10.3. The summed E-state index contributed by atoms with van der Waals surface area (Å²) in [6.45, 7) is 3.90. The van der Waals surface area contributed by atoms with Crippen LogP contribution in [0.2, 0.25) is 0 Å². The van der Waals surface area contributed by atoms with E-state index in [9.17, 15) is 8.42 Å². The summed E-state index contributed by atoms with van der Waals surface area (Å²) in [4.78, 5) is 4.50. The average molecular weight is 196 g/mol. The Labute approximate surface area is 73.9 Å². The van der Waals surface area contributed by atoms with Gasteiger partial charge in [-0.1, -0.05) is 19.8 Å². The SMILES string of the molecule is CCCCCOOS(=O)(=O)CC. The number of hydrogen-bond donors (Lipinski definition) is 0. The Morgan fingerprint density at radius 2 is 1.83 bits per heavy atom. The third kappa shape index (κ3) is 6.57. The van der Waals surface area contributed by atoms with Crippen LogP contribution in [0.25, 0.3) is 0 Å². The van der Waals surface area contributed by atoms with Crippen molar-refractivity contribution in [2.45, 2.75) is 33.1 Å². The summed E-state index contributed by atoms with van der Waals surface area (Å²) in [5, 5.41) is 0. The molecular formula is C7H16O4S. The van der Waals surface area contributed by atoms with Gasteiger partial charge in [-0.15, -0.1) is 4.33 Å². The molecule has 4 nitrogen and oxygen atoms in total. The van der Waals surface area contributed by atoms with E-state index in [1.165, 1.54) is 6.92 Å². The molecule has 0 spiro atoms. The summed E-state index contributed by atoms with van der Waals surface area (Å²) in [5.41, 5.74) is 0. The molecule has 0 rings (SSSR count). The summed E-state index contributed by atoms with van der Waals surface area (Å²) < 4.78 is 25.6. The van der Waals surface area contributed by atoms with E-state index in [1.807, 2.05) is 0 Å². The van der Waals surface area contributed by atoms with Crippen LogP contribution in [0, 0.1) is 0 Å². The third-order valence-electron chi connectivity index (χ3n) is 1.34. The highest BCUT2D eigenvalue weighted by Crippen LogP contribution is 1.98. The second-order valence-corrected chi connectivity index (χ2v) is 4.27. The number of unbranched alkanes of at least 4 members (excludes halogenated alkanes) is 2. The van der Waals surface area contributed by atoms with Gasteiger partial charge in [0.2, 0.25) is 0 Å². The molecular weight excluding hydrogens is 180 g/mol. The molecule has 0 saturated heterocycles. The molecule has 0 heterocycles. The largest absolute Gasteiger partial charge is 0.293 e. The van der Waals surface area contributed by atoms with Crippen LogP contribution in [0.5, 0.6) is 0 Å². The third-order valence-corrected chi connectivity index (χ3v) is 2.35. The Kier molecular flexibility index (Phi) is 6.32. The molecule has 0 saturated carbocycles. The molecule has 0 aliphatic carbocycles. The van der Waals surface area contributed by atoms with Crippen molar-refractivity contribution in [2.75, 3.05) is 12.4 Å². The van der Waals surface area contributed by atoms with Crippen LogP contribution in [0.4, 0.5) is 0 Å². The molecule has 0 atom stereocenters. The quantitative estimate of drug-likeness (QED) is 0.351. The van der Waals surface area contributed by atoms with Crippen LogP contribution in [0.1, 0.15) is 33.1 Å². The van der Waals surface area contributed by atoms with E-state index in [1.54, 1.807) is 0 Å². The van der Waals surface area contributed by atoms with Crippen molar-refractivity contribution in [3.8, 4) is 0 Å². The van der Waals surface area contributed by atoms with Crippen LogP contribution in [-0.2, 0) is 19.3 Å². The fraction of sp³-hybridized carbons (Fsp3) is 1.00. The minimum absolute atomic E-state index is 0.0548. The van der Waals surface area contributed by atoms with Crippen molar-refractivity contribution in [2.24, 2.45) is 0 Å². The van der Waals surface area contributed by atoms with Crippen molar-refractivity contribution in [1.82, 2.24) is 0 Å². The molecule has 0 unspecified atom stereocenters. The minimum Gasteiger partial charge on any atom is -0.220 e. The maximum absolute atomic E-state index is 10.7. The van der Waals surface area contributed by atoms with Gasteiger partial charge in [-0.25, -0.2) is 4.89 Å². The maximum Gasteiger partial charge on any atom is 0.293 e. The van der Waals surface area contributed by atoms with E-state index in [-0.39, 0.29) is 5.75 Å². The molecule has 0 aromatic carbocycles. The predicted octanol–water partition coefficient (Wildman–Crippen LogP) is 1.47. The van der Waals surface area contributed by atoms with Gasteiger partial charge in [0.05, 0.1) is 12.4 Å². The van der Waals surface area contributed by atoms with Crippen molar-refractivity contribution >= 4 is 10.1 Å². The van der Waals surface area contributed by atoms with E-state index in [4.69, 9.17) is 0 Å². The fourth-order valence-electron chi connectivity index (χ4n) is 0.566. The van der Waals surface area contributed by atoms with Gasteiger partial charge in [0.15, 0.2) is 0 Å². The first-order chi connectivity index (χ1) is 5.62. The van der Waals surface area contributed by atoms with Crippen LogP contribution < -0.4 is 0 Å². The summed E-state index contributed by atoms with van der Waals surface area (Å²) in [5.74, 6) is -0.0548. The van der Waals surface area contributed by atoms with E-state index in [0.717, 1.165) is 19.3 Å². The lowest BCUT2D eigenvalue weighted by Gasteiger charge is -2.01. The summed E-state index contributed by atoms with van der Waals surface area (Å²) in [6, 6.07) is 0. The van der Waals surface area contributed by atoms with Gasteiger partial charge in [0.1, 0.15) is 0 Å². The first kappa shape index (κ1) is 11.9. The zero-order valence-electron chi connectivity index (χ0n) is 7.58. The normalized spacial score (nSPS) is 11.8. The number of rotatable bonds is 7. The highest BCUT2D eigenvalue weighted by atomic mass is 32.2. The van der Waals surface area contributed by atoms with Gasteiger partial charge in [0, 0.05) is 0 Å². The van der Waals surface area contributed by atoms with Crippen LogP contribution in [-0.4, -0.2) is 20.8 Å². The van der Waals surface area contributed by atoms with E-state index in [2.05, 4.69) is 16.1 Å². The van der Waals surface area contributed by atoms with Gasteiger partial charge in [0.25, 0.3) is 10.1 Å². The van der Waals surface area contributed by atoms with Crippen molar-refractivity contribution < 1.29 is 17.6 Å². The van der Waals surface area contributed by atoms with Crippen LogP contribution in [0.3, 0.4) is 0 Å². The molecule has 74 valence electrons. The van der Waals surface area contributed by atoms with E-state index < -0.39 is 10.1 Å². The zero-order valence-corrected chi connectivity index (χ0v) is 8.39. The van der Waals surface area contributed by atoms with Crippen molar-refractivity contribution in [3.63, 3.8) is 0 Å². The molecule has 0 aliphatic rings. The molecule has 0 aliphatic heterocycles. The van der Waals surface area contributed by atoms with E-state index in [0.29, 0.717) is 6.61 Å². The van der Waals surface area contributed by atoms with Crippen LogP contribution >= 0.6 is 0 Å². The lowest BCUT2D eigenvalue weighted by Crippen LogP contribution is -2.09. The van der Waals surface area contributed by atoms with Gasteiger partial charge in [-0.05, 0) is 13.3 Å². The highest BCUT2D eigenvalue weighted by Gasteiger charge is 2.07. The lowest BCUT2D eigenvalue weighted by molar-refractivity contribution is -0.201. The summed E-state index contributed by atoms with van der Waals surface area (Å²) in [7, 11) is -3.43. The smallest absolute Gasteiger partial charge is 0.220 e. The molecule has 0 bridgehead atoms. The van der Waals surface area contributed by atoms with Gasteiger partial charge < -0.3 is 0 Å². The Bertz CT molecular complexity index is 186. The number of hydrogen-bond acceptors (Lipinski definition) is 4. The first-order valence-electron chi connectivity index (χ1n) is 4.16. The molecule has 0 amide bonds. The van der Waals surface area contributed by atoms with Crippen LogP contribution in [0.15, 0.2) is 0 Å². The predicted molar refractivity (Wildman–Crippen MR) is 46.0 cm³/mol. The second-order valence-electron chi connectivity index (χ2n) is 2.44. The second kappa shape index (κ2) is 6.39. The fourth-order valence-corrected chi connectivity index (χ4v) is 0.877. The van der Waals surface area contributed by atoms with Crippen molar-refractivity contribution in [1.29, 1.82) is 0 Å². The average Bonchev–Trinajstić information content (AvgIpc) is 2.04. The molecule has 0 fully saturated rings. The standard InChI is InChI=1S/C7H16O4S/c1-3-5-6-7-10-11-12(8,9)4-2/h3-7H2,1-2H3. The minimum atomic E-state index is -3.43. The maximum atomic E-state index is 10.7. The molecule has 0 aromatic rings. The van der Waals surface area contributed by atoms with Gasteiger partial charge >= 0.3 is 0 Å². The monoisotopic (exact) mass is 196 g/mol.